The van der Waals surface area contributed by atoms with E-state index in [9.17, 15) is 0 Å². The number of unbranched alkanes of at least 4 members (excludes halogenated alkanes) is 1. The Morgan fingerprint density at radius 2 is 1.07 bits per heavy atom. The van der Waals surface area contributed by atoms with Crippen molar-refractivity contribution in [2.45, 2.75) is 26.2 Å². The molecule has 2 aromatic heterocycles. The number of fused-ring (bicyclic) bond motifs is 3. The molecule has 0 atom stereocenters. The predicted molar refractivity (Wildman–Crippen MR) is 195 cm³/mol. The molecule has 2 nitrogen and oxygen atoms in total. The highest BCUT2D eigenvalue weighted by Crippen LogP contribution is 2.44. The van der Waals surface area contributed by atoms with Gasteiger partial charge in [0.1, 0.15) is 0 Å². The largest absolute Gasteiger partial charge is 0.263 e. The fourth-order valence-electron chi connectivity index (χ4n) is 6.93. The minimum absolute atomic E-state index is 1.03. The van der Waals surface area contributed by atoms with E-state index in [4.69, 9.17) is 4.98 Å². The third-order valence-corrected chi connectivity index (χ3v) is 9.16. The van der Waals surface area contributed by atoms with Crippen molar-refractivity contribution in [2.75, 3.05) is 0 Å². The first-order valence-corrected chi connectivity index (χ1v) is 16.2. The summed E-state index contributed by atoms with van der Waals surface area (Å²) in [4.78, 5) is 9.39. The van der Waals surface area contributed by atoms with Crippen molar-refractivity contribution in [1.82, 2.24) is 9.97 Å². The van der Waals surface area contributed by atoms with Crippen molar-refractivity contribution in [3.05, 3.63) is 158 Å². The zero-order valence-electron chi connectivity index (χ0n) is 25.9. The van der Waals surface area contributed by atoms with Crippen molar-refractivity contribution >= 4 is 32.3 Å². The SMILES string of the molecule is CCCCc1cccnc1-c1cncc(-c2ccc3cc(-c4c5ccccc5c(-c5ccccc5)c5ccccc45)ccc3c2)c1. The number of benzene rings is 6. The van der Waals surface area contributed by atoms with Crippen LogP contribution in [0.2, 0.25) is 0 Å². The Morgan fingerprint density at radius 1 is 0.478 bits per heavy atom. The fourth-order valence-corrected chi connectivity index (χ4v) is 6.93. The standard InChI is InChI=1S/C44H34N2/c1-2-3-12-31-15-11-24-46-44(31)37-27-36(28-45-29-37)34-21-20-33-26-35(23-22-32(33)25-34)43-40-18-9-7-16-38(40)42(30-13-5-4-6-14-30)39-17-8-10-19-41(39)43/h4-11,13-29H,2-3,12H2,1H3. The van der Waals surface area contributed by atoms with Crippen LogP contribution in [-0.4, -0.2) is 9.97 Å². The number of hydrogen-bond donors (Lipinski definition) is 0. The van der Waals surface area contributed by atoms with Crippen molar-refractivity contribution in [3.8, 4) is 44.6 Å². The maximum atomic E-state index is 4.75. The summed E-state index contributed by atoms with van der Waals surface area (Å²) < 4.78 is 0. The molecule has 0 saturated carbocycles. The molecule has 0 N–H and O–H groups in total. The van der Waals surface area contributed by atoms with Crippen LogP contribution >= 0.6 is 0 Å². The Hall–Kier alpha value is -5.60. The van der Waals surface area contributed by atoms with E-state index in [0.29, 0.717) is 0 Å². The van der Waals surface area contributed by atoms with Gasteiger partial charge in [0.15, 0.2) is 0 Å². The molecule has 0 spiro atoms. The second kappa shape index (κ2) is 12.1. The van der Waals surface area contributed by atoms with E-state index in [1.165, 1.54) is 60.1 Å². The van der Waals surface area contributed by atoms with Crippen LogP contribution < -0.4 is 0 Å². The molecule has 0 bridgehead atoms. The van der Waals surface area contributed by atoms with E-state index in [2.05, 4.69) is 139 Å². The molecule has 0 aliphatic rings. The smallest absolute Gasteiger partial charge is 0.0749 e. The topological polar surface area (TPSA) is 25.8 Å². The van der Waals surface area contributed by atoms with Gasteiger partial charge in [-0.2, -0.15) is 0 Å². The van der Waals surface area contributed by atoms with Crippen molar-refractivity contribution in [1.29, 1.82) is 0 Å². The molecule has 220 valence electrons. The van der Waals surface area contributed by atoms with Crippen LogP contribution in [0.4, 0.5) is 0 Å². The molecule has 8 aromatic rings. The lowest BCUT2D eigenvalue weighted by molar-refractivity contribution is 0.793. The Labute approximate surface area is 270 Å². The highest BCUT2D eigenvalue weighted by molar-refractivity contribution is 6.21. The number of pyridine rings is 2. The predicted octanol–water partition coefficient (Wildman–Crippen LogP) is 11.9. The van der Waals surface area contributed by atoms with Crippen molar-refractivity contribution in [2.24, 2.45) is 0 Å². The first-order valence-electron chi connectivity index (χ1n) is 16.2. The maximum absolute atomic E-state index is 4.75. The van der Waals surface area contributed by atoms with Crippen molar-refractivity contribution < 1.29 is 0 Å². The third kappa shape index (κ3) is 5.02. The summed E-state index contributed by atoms with van der Waals surface area (Å²) in [6, 6.07) is 48.6. The molecule has 46 heavy (non-hydrogen) atoms. The molecule has 2 heterocycles. The summed E-state index contributed by atoms with van der Waals surface area (Å²) in [7, 11) is 0. The molecule has 6 aromatic carbocycles. The summed E-state index contributed by atoms with van der Waals surface area (Å²) in [5, 5.41) is 7.52. The molecule has 0 fully saturated rings. The molecule has 0 aliphatic carbocycles. The zero-order valence-corrected chi connectivity index (χ0v) is 25.9. The Kier molecular flexibility index (Phi) is 7.32. The first-order chi connectivity index (χ1) is 22.8. The molecule has 8 rings (SSSR count). The van der Waals surface area contributed by atoms with Gasteiger partial charge >= 0.3 is 0 Å². The number of aryl methyl sites for hydroxylation is 1. The van der Waals surface area contributed by atoms with Gasteiger partial charge in [-0.25, -0.2) is 0 Å². The number of aromatic nitrogens is 2. The Bertz CT molecular complexity index is 2300. The molecule has 2 heteroatoms. The molecule has 0 unspecified atom stereocenters. The van der Waals surface area contributed by atoms with Gasteiger partial charge in [-0.3, -0.25) is 9.97 Å². The van der Waals surface area contributed by atoms with Gasteiger partial charge in [0.2, 0.25) is 0 Å². The maximum Gasteiger partial charge on any atom is 0.0749 e. The molecule has 0 saturated heterocycles. The summed E-state index contributed by atoms with van der Waals surface area (Å²) in [6.45, 7) is 2.23. The van der Waals surface area contributed by atoms with E-state index in [0.717, 1.165) is 41.6 Å². The molecule has 0 aliphatic heterocycles. The van der Waals surface area contributed by atoms with E-state index in [1.807, 2.05) is 24.7 Å². The van der Waals surface area contributed by atoms with Crippen LogP contribution in [0.15, 0.2) is 152 Å². The lowest BCUT2D eigenvalue weighted by Gasteiger charge is -2.18. The first kappa shape index (κ1) is 27.9. The van der Waals surface area contributed by atoms with Gasteiger partial charge in [0.05, 0.1) is 5.69 Å². The normalized spacial score (nSPS) is 11.4. The highest BCUT2D eigenvalue weighted by atomic mass is 14.7. The summed E-state index contributed by atoms with van der Waals surface area (Å²) in [5.41, 5.74) is 10.7. The summed E-state index contributed by atoms with van der Waals surface area (Å²) in [5.74, 6) is 0. The second-order valence-corrected chi connectivity index (χ2v) is 12.1. The lowest BCUT2D eigenvalue weighted by Crippen LogP contribution is -1.94. The zero-order chi connectivity index (χ0) is 30.9. The van der Waals surface area contributed by atoms with Gasteiger partial charge in [-0.05, 0) is 103 Å². The van der Waals surface area contributed by atoms with Crippen LogP contribution in [0.25, 0.3) is 77.0 Å². The summed E-state index contributed by atoms with van der Waals surface area (Å²) >= 11 is 0. The number of nitrogens with zero attached hydrogens (tertiary/aromatic N) is 2. The van der Waals surface area contributed by atoms with Crippen LogP contribution in [0.3, 0.4) is 0 Å². The summed E-state index contributed by atoms with van der Waals surface area (Å²) in [6.07, 6.45) is 9.12. The third-order valence-electron chi connectivity index (χ3n) is 9.16. The van der Waals surface area contributed by atoms with Crippen LogP contribution in [-0.2, 0) is 6.42 Å². The highest BCUT2D eigenvalue weighted by Gasteiger charge is 2.17. The Morgan fingerprint density at radius 3 is 1.74 bits per heavy atom. The molecule has 0 amide bonds. The fraction of sp³-hybridized carbons (Fsp3) is 0.0909. The number of hydrogen-bond acceptors (Lipinski definition) is 2. The van der Waals surface area contributed by atoms with Gasteiger partial charge in [0, 0.05) is 29.7 Å². The minimum atomic E-state index is 1.03. The van der Waals surface area contributed by atoms with Gasteiger partial charge < -0.3 is 0 Å². The van der Waals surface area contributed by atoms with Gasteiger partial charge in [0.25, 0.3) is 0 Å². The van der Waals surface area contributed by atoms with Gasteiger partial charge in [-0.1, -0.05) is 123 Å². The quantitative estimate of drug-likeness (QED) is 0.173. The van der Waals surface area contributed by atoms with E-state index in [1.54, 1.807) is 0 Å². The average Bonchev–Trinajstić information content (AvgIpc) is 3.13. The van der Waals surface area contributed by atoms with Crippen LogP contribution in [0.1, 0.15) is 25.3 Å². The van der Waals surface area contributed by atoms with E-state index < -0.39 is 0 Å². The van der Waals surface area contributed by atoms with Gasteiger partial charge in [-0.15, -0.1) is 0 Å². The van der Waals surface area contributed by atoms with Crippen LogP contribution in [0.5, 0.6) is 0 Å². The molecular formula is C44H34N2. The minimum Gasteiger partial charge on any atom is -0.263 e. The lowest BCUT2D eigenvalue weighted by atomic mass is 9.85. The average molecular weight is 591 g/mol. The van der Waals surface area contributed by atoms with E-state index in [-0.39, 0.29) is 0 Å². The van der Waals surface area contributed by atoms with Crippen LogP contribution in [0, 0.1) is 0 Å². The molecular weight excluding hydrogens is 556 g/mol. The number of rotatable bonds is 7. The molecule has 0 radical (unpaired) electrons. The van der Waals surface area contributed by atoms with E-state index >= 15 is 0 Å². The monoisotopic (exact) mass is 590 g/mol. The Balaban J connectivity index is 1.23. The van der Waals surface area contributed by atoms with Crippen molar-refractivity contribution in [3.63, 3.8) is 0 Å². The second-order valence-electron chi connectivity index (χ2n) is 12.1.